The standard InChI is InChI=1S/C21H21ClN2O3S/c1-26-15-5-3-14(4-6-15)23-9-11-24(12-10-23)21(25)20-19(22)17-8-7-16(27-2)13-18(17)28-20/h3-8,13H,9-12H2,1-2H3. The van der Waals surface area contributed by atoms with E-state index in [0.29, 0.717) is 23.0 Å². The predicted molar refractivity (Wildman–Crippen MR) is 114 cm³/mol. The molecule has 1 aliphatic heterocycles. The Kier molecular flexibility index (Phi) is 5.33. The first-order chi connectivity index (χ1) is 13.6. The van der Waals surface area contributed by atoms with Gasteiger partial charge in [-0.25, -0.2) is 0 Å². The number of benzene rings is 2. The number of nitrogens with zero attached hydrogens (tertiary/aromatic N) is 2. The van der Waals surface area contributed by atoms with Crippen molar-refractivity contribution in [3.63, 3.8) is 0 Å². The van der Waals surface area contributed by atoms with E-state index in [0.717, 1.165) is 40.4 Å². The number of amides is 1. The highest BCUT2D eigenvalue weighted by Crippen LogP contribution is 2.38. The number of rotatable bonds is 4. The van der Waals surface area contributed by atoms with Crippen molar-refractivity contribution < 1.29 is 14.3 Å². The lowest BCUT2D eigenvalue weighted by Gasteiger charge is -2.36. The fourth-order valence-corrected chi connectivity index (χ4v) is 4.92. The summed E-state index contributed by atoms with van der Waals surface area (Å²) in [6, 6.07) is 13.7. The summed E-state index contributed by atoms with van der Waals surface area (Å²) in [4.78, 5) is 17.8. The number of thiophene rings is 1. The highest BCUT2D eigenvalue weighted by Gasteiger charge is 2.26. The lowest BCUT2D eigenvalue weighted by atomic mass is 10.2. The zero-order valence-electron chi connectivity index (χ0n) is 15.8. The third-order valence-electron chi connectivity index (χ3n) is 5.04. The number of ether oxygens (including phenoxy) is 2. The summed E-state index contributed by atoms with van der Waals surface area (Å²) in [5.41, 5.74) is 1.14. The van der Waals surface area contributed by atoms with E-state index in [4.69, 9.17) is 21.1 Å². The molecule has 1 aromatic heterocycles. The summed E-state index contributed by atoms with van der Waals surface area (Å²) in [6.45, 7) is 2.90. The van der Waals surface area contributed by atoms with Crippen LogP contribution in [0.25, 0.3) is 10.1 Å². The summed E-state index contributed by atoms with van der Waals surface area (Å²) in [6.07, 6.45) is 0. The molecule has 1 aliphatic rings. The second kappa shape index (κ2) is 7.89. The molecule has 0 N–H and O–H groups in total. The maximum Gasteiger partial charge on any atom is 0.265 e. The number of methoxy groups -OCH3 is 2. The molecule has 4 rings (SSSR count). The average molecular weight is 417 g/mol. The number of halogens is 1. The number of hydrogen-bond acceptors (Lipinski definition) is 5. The zero-order chi connectivity index (χ0) is 19.7. The molecule has 0 spiro atoms. The van der Waals surface area contributed by atoms with Gasteiger partial charge in [0.15, 0.2) is 0 Å². The summed E-state index contributed by atoms with van der Waals surface area (Å²) >= 11 is 7.95. The number of carbonyl (C=O) groups is 1. The Bertz CT molecular complexity index is 995. The SMILES string of the molecule is COc1ccc(N2CCN(C(=O)c3sc4cc(OC)ccc4c3Cl)CC2)cc1. The van der Waals surface area contributed by atoms with Crippen LogP contribution in [0, 0.1) is 0 Å². The van der Waals surface area contributed by atoms with Crippen molar-refractivity contribution in [3.05, 3.63) is 52.4 Å². The van der Waals surface area contributed by atoms with Gasteiger partial charge in [0.05, 0.1) is 19.2 Å². The van der Waals surface area contributed by atoms with Gasteiger partial charge in [-0.1, -0.05) is 11.6 Å². The molecule has 2 heterocycles. The van der Waals surface area contributed by atoms with Crippen LogP contribution in [0.15, 0.2) is 42.5 Å². The Hall–Kier alpha value is -2.44. The summed E-state index contributed by atoms with van der Waals surface area (Å²) in [5, 5.41) is 1.43. The number of fused-ring (bicyclic) bond motifs is 1. The second-order valence-corrected chi connectivity index (χ2v) is 8.01. The molecule has 146 valence electrons. The fraction of sp³-hybridized carbons (Fsp3) is 0.286. The molecule has 1 amide bonds. The summed E-state index contributed by atoms with van der Waals surface area (Å²) in [7, 11) is 3.29. The molecule has 0 aliphatic carbocycles. The maximum atomic E-state index is 13.1. The Balaban J connectivity index is 1.47. The predicted octanol–water partition coefficient (Wildman–Crippen LogP) is 4.53. The largest absolute Gasteiger partial charge is 0.497 e. The van der Waals surface area contributed by atoms with Crippen molar-refractivity contribution in [1.82, 2.24) is 4.90 Å². The molecule has 0 unspecified atom stereocenters. The minimum atomic E-state index is -0.000419. The second-order valence-electron chi connectivity index (χ2n) is 6.58. The molecule has 1 saturated heterocycles. The van der Waals surface area contributed by atoms with E-state index in [9.17, 15) is 4.79 Å². The molecule has 28 heavy (non-hydrogen) atoms. The highest BCUT2D eigenvalue weighted by molar-refractivity contribution is 7.21. The van der Waals surface area contributed by atoms with Gasteiger partial charge in [0, 0.05) is 42.0 Å². The molecule has 7 heteroatoms. The van der Waals surface area contributed by atoms with Crippen molar-refractivity contribution in [2.24, 2.45) is 0 Å². The molecular formula is C21H21ClN2O3S. The fourth-order valence-electron chi connectivity index (χ4n) is 3.41. The Morgan fingerprint density at radius 2 is 1.61 bits per heavy atom. The van der Waals surface area contributed by atoms with Gasteiger partial charge < -0.3 is 19.3 Å². The smallest absolute Gasteiger partial charge is 0.265 e. The van der Waals surface area contributed by atoms with Crippen molar-refractivity contribution in [2.45, 2.75) is 0 Å². The van der Waals surface area contributed by atoms with Crippen molar-refractivity contribution in [2.75, 3.05) is 45.3 Å². The number of hydrogen-bond donors (Lipinski definition) is 0. The van der Waals surface area contributed by atoms with E-state index in [1.807, 2.05) is 47.4 Å². The van der Waals surface area contributed by atoms with Crippen LogP contribution in [0.1, 0.15) is 9.67 Å². The van der Waals surface area contributed by atoms with Gasteiger partial charge in [0.1, 0.15) is 16.4 Å². The first-order valence-electron chi connectivity index (χ1n) is 9.05. The summed E-state index contributed by atoms with van der Waals surface area (Å²) < 4.78 is 11.4. The molecule has 5 nitrogen and oxygen atoms in total. The van der Waals surface area contributed by atoms with E-state index in [2.05, 4.69) is 4.90 Å². The van der Waals surface area contributed by atoms with Crippen molar-refractivity contribution >= 4 is 44.6 Å². The minimum Gasteiger partial charge on any atom is -0.497 e. The zero-order valence-corrected chi connectivity index (χ0v) is 17.3. The molecule has 0 radical (unpaired) electrons. The first kappa shape index (κ1) is 18.9. The third-order valence-corrected chi connectivity index (χ3v) is 6.68. The number of piperazine rings is 1. The molecular weight excluding hydrogens is 396 g/mol. The van der Waals surface area contributed by atoms with Gasteiger partial charge >= 0.3 is 0 Å². The monoisotopic (exact) mass is 416 g/mol. The molecule has 0 atom stereocenters. The highest BCUT2D eigenvalue weighted by atomic mass is 35.5. The molecule has 2 aromatic carbocycles. The van der Waals surface area contributed by atoms with Crippen molar-refractivity contribution in [3.8, 4) is 11.5 Å². The van der Waals surface area contributed by atoms with Crippen LogP contribution in [0.2, 0.25) is 5.02 Å². The maximum absolute atomic E-state index is 13.1. The van der Waals surface area contributed by atoms with E-state index in [1.165, 1.54) is 11.3 Å². The van der Waals surface area contributed by atoms with E-state index < -0.39 is 0 Å². The van der Waals surface area contributed by atoms with Gasteiger partial charge in [0.25, 0.3) is 5.91 Å². The van der Waals surface area contributed by atoms with Crippen LogP contribution in [-0.4, -0.2) is 51.2 Å². The normalized spacial score (nSPS) is 14.4. The lowest BCUT2D eigenvalue weighted by Crippen LogP contribution is -2.48. The van der Waals surface area contributed by atoms with Crippen LogP contribution in [0.3, 0.4) is 0 Å². The van der Waals surface area contributed by atoms with Crippen LogP contribution in [-0.2, 0) is 0 Å². The lowest BCUT2D eigenvalue weighted by molar-refractivity contribution is 0.0752. The van der Waals surface area contributed by atoms with Crippen molar-refractivity contribution in [1.29, 1.82) is 0 Å². The topological polar surface area (TPSA) is 42.0 Å². The molecule has 3 aromatic rings. The molecule has 0 bridgehead atoms. The van der Waals surface area contributed by atoms with Crippen LogP contribution >= 0.6 is 22.9 Å². The molecule has 1 fully saturated rings. The van der Waals surface area contributed by atoms with E-state index in [1.54, 1.807) is 14.2 Å². The van der Waals surface area contributed by atoms with Crippen LogP contribution in [0.5, 0.6) is 11.5 Å². The quantitative estimate of drug-likeness (QED) is 0.626. The Morgan fingerprint density at radius 1 is 0.964 bits per heavy atom. The van der Waals surface area contributed by atoms with E-state index in [-0.39, 0.29) is 5.91 Å². The Labute approximate surface area is 173 Å². The van der Waals surface area contributed by atoms with Gasteiger partial charge in [0.2, 0.25) is 0 Å². The third kappa shape index (κ3) is 3.50. The summed E-state index contributed by atoms with van der Waals surface area (Å²) in [5.74, 6) is 1.60. The van der Waals surface area contributed by atoms with Gasteiger partial charge in [-0.05, 0) is 42.5 Å². The minimum absolute atomic E-state index is 0.000419. The first-order valence-corrected chi connectivity index (χ1v) is 10.2. The Morgan fingerprint density at radius 3 is 2.25 bits per heavy atom. The van der Waals surface area contributed by atoms with E-state index >= 15 is 0 Å². The number of carbonyl (C=O) groups excluding carboxylic acids is 1. The van der Waals surface area contributed by atoms with Gasteiger partial charge in [-0.2, -0.15) is 0 Å². The van der Waals surface area contributed by atoms with Gasteiger partial charge in [-0.3, -0.25) is 4.79 Å². The average Bonchev–Trinajstić information content (AvgIpc) is 3.09. The van der Waals surface area contributed by atoms with Gasteiger partial charge in [-0.15, -0.1) is 11.3 Å². The van der Waals surface area contributed by atoms with Crippen LogP contribution in [0.4, 0.5) is 5.69 Å². The van der Waals surface area contributed by atoms with Crippen LogP contribution < -0.4 is 14.4 Å². The molecule has 0 saturated carbocycles. The number of anilines is 1.